The summed E-state index contributed by atoms with van der Waals surface area (Å²) >= 11 is 0. The van der Waals surface area contributed by atoms with E-state index < -0.39 is 23.3 Å². The number of hydrogen-bond acceptors (Lipinski definition) is 4. The van der Waals surface area contributed by atoms with Crippen molar-refractivity contribution in [3.8, 4) is 45.0 Å². The number of rotatable bonds is 9. The number of benzene rings is 4. The zero-order chi connectivity index (χ0) is 49.4. The van der Waals surface area contributed by atoms with Crippen LogP contribution in [0.5, 0.6) is 0 Å². The summed E-state index contributed by atoms with van der Waals surface area (Å²) in [6.07, 6.45) is 8.22. The van der Waals surface area contributed by atoms with Crippen molar-refractivity contribution < 1.29 is 98.0 Å². The van der Waals surface area contributed by atoms with Gasteiger partial charge in [-0.3, -0.25) is 13.2 Å². The zero-order valence-electron chi connectivity index (χ0n) is 42.1. The molecule has 4 nitrogen and oxygen atoms in total. The van der Waals surface area contributed by atoms with Gasteiger partial charge in [-0.2, -0.15) is 0 Å². The van der Waals surface area contributed by atoms with Crippen LogP contribution in [0.3, 0.4) is 0 Å². The maximum Gasteiger partial charge on any atom is 0.0765 e. The number of aromatic nitrogens is 4. The molecule has 0 aliphatic rings. The van der Waals surface area contributed by atoms with Crippen LogP contribution < -0.4 is 0 Å². The summed E-state index contributed by atoms with van der Waals surface area (Å²) in [6, 6.07) is 45.8. The zero-order valence-corrected chi connectivity index (χ0v) is 51.7. The number of nitrogens with zero attached hydrogens (tertiary/aromatic N) is 4. The third-order valence-electron chi connectivity index (χ3n) is 10.1. The third kappa shape index (κ3) is 22.5. The maximum atomic E-state index is 13.6. The summed E-state index contributed by atoms with van der Waals surface area (Å²) in [5.74, 6) is -1.96. The minimum Gasteiger partial charge on any atom is -0.305 e. The van der Waals surface area contributed by atoms with Crippen LogP contribution in [-0.4, -0.2) is 19.9 Å². The van der Waals surface area contributed by atoms with Gasteiger partial charge >= 0.3 is 0 Å². The monoisotopic (exact) mass is 1680 g/mol. The number of aryl methyl sites for hydroxylation is 3. The van der Waals surface area contributed by atoms with Crippen molar-refractivity contribution in [3.63, 3.8) is 0 Å². The molecule has 0 aliphatic heterocycles. The van der Waals surface area contributed by atoms with Crippen LogP contribution in [0.4, 0.5) is 17.6 Å². The van der Waals surface area contributed by atoms with E-state index in [0.717, 1.165) is 82.9 Å². The number of hydrogen-bond donors (Lipinski definition) is 0. The van der Waals surface area contributed by atoms with Gasteiger partial charge in [0.25, 0.3) is 0 Å². The van der Waals surface area contributed by atoms with E-state index in [1.807, 2.05) is 67.7 Å². The first-order valence-corrected chi connectivity index (χ1v) is 22.8. The van der Waals surface area contributed by atoms with Crippen molar-refractivity contribution in [2.75, 3.05) is 0 Å². The molecule has 72 heavy (non-hydrogen) atoms. The molecule has 4 heterocycles. The molecule has 0 unspecified atom stereocenters. The fourth-order valence-electron chi connectivity index (χ4n) is 7.23. The minimum absolute atomic E-state index is 0. The van der Waals surface area contributed by atoms with E-state index in [1.54, 1.807) is 18.5 Å². The summed E-state index contributed by atoms with van der Waals surface area (Å²) in [5.41, 5.74) is 13.3. The summed E-state index contributed by atoms with van der Waals surface area (Å²) in [6.45, 7) is 21.5. The van der Waals surface area contributed by atoms with Crippen molar-refractivity contribution in [2.45, 2.75) is 88.5 Å². The second-order valence-electron chi connectivity index (χ2n) is 18.9. The first kappa shape index (κ1) is 65.8. The first-order valence-electron chi connectivity index (χ1n) is 22.8. The van der Waals surface area contributed by atoms with E-state index in [0.29, 0.717) is 34.2 Å². The molecule has 0 saturated carbocycles. The SMILES string of the molecule is CC(C)(C)Cc1ccnc(-c2[c-]cccc2)c1.CC(C)Cc1ccc(-c2[c-]cc(F)c(F)c2)nc1.CC(C)Cc1ccnc(-c2[c-]cc(F)cc2F)c1.Cc1cc[c-]c(-c2cc(C)cc(C)n2)c1.[Ir].[Ir].[Ir].[Ir]. The summed E-state index contributed by atoms with van der Waals surface area (Å²) in [7, 11) is 0. The van der Waals surface area contributed by atoms with Crippen LogP contribution in [0.25, 0.3) is 45.0 Å². The third-order valence-corrected chi connectivity index (χ3v) is 10.1. The molecular formula is C60H60F4Ir4N4-4. The second-order valence-corrected chi connectivity index (χ2v) is 18.9. The Bertz CT molecular complexity index is 2830. The fourth-order valence-corrected chi connectivity index (χ4v) is 7.23. The molecule has 0 spiro atoms. The molecule has 0 atom stereocenters. The molecular weight excluding hydrogens is 1620 g/mol. The van der Waals surface area contributed by atoms with Crippen molar-refractivity contribution in [1.29, 1.82) is 0 Å². The molecule has 0 aliphatic carbocycles. The van der Waals surface area contributed by atoms with E-state index in [4.69, 9.17) is 0 Å². The van der Waals surface area contributed by atoms with Crippen LogP contribution in [0.2, 0.25) is 0 Å². The van der Waals surface area contributed by atoms with E-state index in [9.17, 15) is 17.6 Å². The van der Waals surface area contributed by atoms with Crippen LogP contribution in [0.15, 0.2) is 134 Å². The number of halogens is 4. The van der Waals surface area contributed by atoms with Gasteiger partial charge < -0.3 is 19.9 Å². The van der Waals surface area contributed by atoms with Gasteiger partial charge in [-0.1, -0.05) is 114 Å². The topological polar surface area (TPSA) is 51.6 Å². The van der Waals surface area contributed by atoms with Crippen molar-refractivity contribution >= 4 is 0 Å². The predicted molar refractivity (Wildman–Crippen MR) is 268 cm³/mol. The van der Waals surface area contributed by atoms with Crippen molar-refractivity contribution in [2.24, 2.45) is 17.3 Å². The van der Waals surface area contributed by atoms with Gasteiger partial charge in [-0.05, 0) is 96.9 Å². The fraction of sp³-hybridized carbons (Fsp3) is 0.267. The van der Waals surface area contributed by atoms with Crippen molar-refractivity contribution in [1.82, 2.24) is 19.9 Å². The van der Waals surface area contributed by atoms with Gasteiger partial charge in [0.1, 0.15) is 0 Å². The molecule has 388 valence electrons. The summed E-state index contributed by atoms with van der Waals surface area (Å²) in [5, 5.41) is 0. The molecule has 4 aromatic carbocycles. The molecule has 8 aromatic rings. The molecule has 0 bridgehead atoms. The van der Waals surface area contributed by atoms with Crippen molar-refractivity contribution in [3.05, 3.63) is 215 Å². The Morgan fingerprint density at radius 1 is 0.500 bits per heavy atom. The normalized spacial score (nSPS) is 10.3. The summed E-state index contributed by atoms with van der Waals surface area (Å²) < 4.78 is 52.3. The molecule has 0 fully saturated rings. The predicted octanol–water partition coefficient (Wildman–Crippen LogP) is 15.7. The maximum absolute atomic E-state index is 13.6. The minimum atomic E-state index is -0.893. The Kier molecular flexibility index (Phi) is 29.4. The van der Waals surface area contributed by atoms with Gasteiger partial charge in [0, 0.05) is 116 Å². The van der Waals surface area contributed by atoms with E-state index in [1.165, 1.54) is 16.7 Å². The molecule has 0 saturated heterocycles. The van der Waals surface area contributed by atoms with Gasteiger partial charge in [0.2, 0.25) is 0 Å². The molecule has 4 aromatic heterocycles. The molecule has 0 N–H and O–H groups in total. The molecule has 0 amide bonds. The van der Waals surface area contributed by atoms with Crippen LogP contribution >= 0.6 is 0 Å². The Morgan fingerprint density at radius 3 is 1.72 bits per heavy atom. The van der Waals surface area contributed by atoms with Gasteiger partial charge in [0.05, 0.1) is 11.6 Å². The van der Waals surface area contributed by atoms with E-state index >= 15 is 0 Å². The average Bonchev–Trinajstić information content (AvgIpc) is 3.27. The van der Waals surface area contributed by atoms with Gasteiger partial charge in [-0.15, -0.1) is 107 Å². The quantitative estimate of drug-likeness (QED) is 0.107. The Hall–Kier alpha value is -4.20. The van der Waals surface area contributed by atoms with Crippen LogP contribution in [-0.2, 0) is 99.7 Å². The Balaban J connectivity index is 0.000000472. The smallest absolute Gasteiger partial charge is 0.0765 e. The molecule has 8 rings (SSSR count). The average molecular weight is 1680 g/mol. The second kappa shape index (κ2) is 32.2. The largest absolute Gasteiger partial charge is 0.305 e. The Morgan fingerprint density at radius 2 is 1.14 bits per heavy atom. The standard InChI is InChI=1S/C16H18N.2C15H14F2N.C14H14N.4Ir/c1-16(2,3)12-13-9-10-17-15(11-13)14-7-5-4-6-8-14;1-10(2)7-11-3-6-15(18-9-11)12-4-5-13(16)14(17)8-12;1-10(2)7-11-5-6-18-15(8-11)13-4-3-12(16)9-14(13)17;1-10-5-4-6-13(8-10)14-9-11(2)7-12(3)15-14;;;;/h4-7,9-11H,12H2,1-3H3;2*3,5-6,8-10H,7H2,1-2H3;4-5,7-9H,1-3H3;;;;/q4*-1;;;;. The van der Waals surface area contributed by atoms with Gasteiger partial charge in [0.15, 0.2) is 0 Å². The van der Waals surface area contributed by atoms with Crippen LogP contribution in [0.1, 0.15) is 82.0 Å². The Labute approximate surface area is 479 Å². The summed E-state index contributed by atoms with van der Waals surface area (Å²) in [4.78, 5) is 17.3. The van der Waals surface area contributed by atoms with E-state index in [-0.39, 0.29) is 86.0 Å². The first-order chi connectivity index (χ1) is 32.3. The molecule has 4 radical (unpaired) electrons. The van der Waals surface area contributed by atoms with Crippen LogP contribution in [0, 0.1) is 85.6 Å². The van der Waals surface area contributed by atoms with Gasteiger partial charge in [-0.25, -0.2) is 4.39 Å². The molecule has 12 heteroatoms. The van der Waals surface area contributed by atoms with E-state index in [2.05, 4.69) is 137 Å². The number of pyridine rings is 4.